The second-order valence-corrected chi connectivity index (χ2v) is 11.4. The van der Waals surface area contributed by atoms with Gasteiger partial charge in [-0.3, -0.25) is 0 Å². The van der Waals surface area contributed by atoms with E-state index in [2.05, 4.69) is 61.6 Å². The molecule has 0 spiro atoms. The average molecular weight is 509 g/mol. The highest BCUT2D eigenvalue weighted by atomic mass is 16.7. The summed E-state index contributed by atoms with van der Waals surface area (Å²) in [5.74, 6) is 0.0153. The number of ether oxygens (including phenoxy) is 1. The molecule has 5 nitrogen and oxygen atoms in total. The molecule has 0 saturated carbocycles. The van der Waals surface area contributed by atoms with Crippen molar-refractivity contribution < 1.29 is 18.8 Å². The molecule has 5 rings (SSSR count). The van der Waals surface area contributed by atoms with Crippen molar-refractivity contribution in [1.29, 1.82) is 0 Å². The van der Waals surface area contributed by atoms with Crippen molar-refractivity contribution in [3.8, 4) is 11.1 Å². The van der Waals surface area contributed by atoms with Crippen molar-refractivity contribution in [3.05, 3.63) is 100 Å². The molecule has 1 saturated heterocycles. The Bertz CT molecular complexity index is 1310. The minimum Gasteiger partial charge on any atom is -0.449 e. The number of aryl methyl sites for hydroxylation is 2. The van der Waals surface area contributed by atoms with Gasteiger partial charge >= 0.3 is 13.2 Å². The Balaban J connectivity index is 1.31. The molecule has 1 fully saturated rings. The molecule has 0 unspecified atom stereocenters. The predicted molar refractivity (Wildman–Crippen MR) is 153 cm³/mol. The van der Waals surface area contributed by atoms with Gasteiger partial charge in [0.05, 0.1) is 11.2 Å². The van der Waals surface area contributed by atoms with E-state index in [1.165, 1.54) is 33.4 Å². The molecule has 38 heavy (non-hydrogen) atoms. The monoisotopic (exact) mass is 509 g/mol. The van der Waals surface area contributed by atoms with E-state index in [9.17, 15) is 4.79 Å². The third kappa shape index (κ3) is 5.16. The Hall–Kier alpha value is -3.35. The SMILES string of the molecule is Cc1cc(C)cc(C=C(CNC(=O)OCC2c3ccccc3-c3ccccc32)B2OC(C)(C)C(C)(C)O2)c1. The van der Waals surface area contributed by atoms with Crippen LogP contribution in [0.1, 0.15) is 61.4 Å². The second kappa shape index (κ2) is 10.1. The van der Waals surface area contributed by atoms with Gasteiger partial charge in [-0.1, -0.05) is 83.9 Å². The van der Waals surface area contributed by atoms with Gasteiger partial charge < -0.3 is 19.4 Å². The summed E-state index contributed by atoms with van der Waals surface area (Å²) in [6.45, 7) is 12.8. The van der Waals surface area contributed by atoms with E-state index in [1.807, 2.05) is 58.0 Å². The van der Waals surface area contributed by atoms with Crippen LogP contribution in [-0.4, -0.2) is 37.6 Å². The quantitative estimate of drug-likeness (QED) is 0.369. The number of benzene rings is 3. The Morgan fingerprint density at radius 1 is 0.895 bits per heavy atom. The first-order valence-electron chi connectivity index (χ1n) is 13.3. The fourth-order valence-electron chi connectivity index (χ4n) is 5.33. The van der Waals surface area contributed by atoms with E-state index in [0.717, 1.165) is 11.0 Å². The number of hydrogen-bond acceptors (Lipinski definition) is 4. The summed E-state index contributed by atoms with van der Waals surface area (Å²) >= 11 is 0. The number of carbonyl (C=O) groups is 1. The third-order valence-corrected chi connectivity index (χ3v) is 7.93. The minimum absolute atomic E-state index is 0.0153. The second-order valence-electron chi connectivity index (χ2n) is 11.4. The van der Waals surface area contributed by atoms with E-state index >= 15 is 0 Å². The summed E-state index contributed by atoms with van der Waals surface area (Å²) in [6, 6.07) is 23.0. The minimum atomic E-state index is -0.574. The van der Waals surface area contributed by atoms with Crippen LogP contribution in [0.15, 0.2) is 72.2 Å². The van der Waals surface area contributed by atoms with Crippen molar-refractivity contribution in [3.63, 3.8) is 0 Å². The normalized spacial score (nSPS) is 17.7. The zero-order chi connectivity index (χ0) is 27.1. The highest BCUT2D eigenvalue weighted by molar-refractivity contribution is 6.56. The molecular formula is C32H36BNO4. The van der Waals surface area contributed by atoms with Crippen LogP contribution in [0, 0.1) is 13.8 Å². The van der Waals surface area contributed by atoms with Crippen LogP contribution in [0.5, 0.6) is 0 Å². The largest absolute Gasteiger partial charge is 0.492 e. The van der Waals surface area contributed by atoms with Gasteiger partial charge in [-0.05, 0) is 74.8 Å². The van der Waals surface area contributed by atoms with Crippen LogP contribution in [0.4, 0.5) is 4.79 Å². The Labute approximate surface area is 226 Å². The molecule has 0 aromatic heterocycles. The summed E-state index contributed by atoms with van der Waals surface area (Å²) in [5.41, 5.74) is 8.05. The summed E-state index contributed by atoms with van der Waals surface area (Å²) in [5, 5.41) is 2.95. The van der Waals surface area contributed by atoms with Crippen molar-refractivity contribution in [1.82, 2.24) is 5.32 Å². The zero-order valence-corrected chi connectivity index (χ0v) is 23.1. The van der Waals surface area contributed by atoms with E-state index in [-0.39, 0.29) is 19.1 Å². The molecule has 0 atom stereocenters. The molecule has 6 heteroatoms. The standard InChI is InChI=1S/C32H36BNO4/c1-21-15-22(2)17-23(16-21)18-24(33-37-31(3,4)32(5,6)38-33)19-34-30(35)36-20-29-27-13-9-7-11-25(27)26-12-8-10-14-28(26)29/h7-18,29H,19-20H2,1-6H3,(H,34,35). The highest BCUT2D eigenvalue weighted by Crippen LogP contribution is 2.44. The number of fused-ring (bicyclic) bond motifs is 3. The molecular weight excluding hydrogens is 473 g/mol. The first kappa shape index (κ1) is 26.3. The lowest BCUT2D eigenvalue weighted by Crippen LogP contribution is -2.41. The maximum atomic E-state index is 12.9. The lowest BCUT2D eigenvalue weighted by atomic mass is 9.77. The van der Waals surface area contributed by atoms with Crippen molar-refractivity contribution in [2.24, 2.45) is 0 Å². The van der Waals surface area contributed by atoms with Gasteiger partial charge in [0, 0.05) is 12.5 Å². The Morgan fingerprint density at radius 2 is 1.42 bits per heavy atom. The maximum Gasteiger partial charge on any atom is 0.492 e. The van der Waals surface area contributed by atoms with Crippen LogP contribution >= 0.6 is 0 Å². The molecule has 196 valence electrons. The Morgan fingerprint density at radius 3 is 1.97 bits per heavy atom. The summed E-state index contributed by atoms with van der Waals surface area (Å²) < 4.78 is 18.4. The van der Waals surface area contributed by atoms with Crippen molar-refractivity contribution >= 4 is 19.3 Å². The number of alkyl carbamates (subject to hydrolysis) is 1. The average Bonchev–Trinajstić information content (AvgIpc) is 3.29. The summed E-state index contributed by atoms with van der Waals surface area (Å²) in [7, 11) is -0.574. The third-order valence-electron chi connectivity index (χ3n) is 7.93. The van der Waals surface area contributed by atoms with Gasteiger partial charge in [-0.2, -0.15) is 0 Å². The highest BCUT2D eigenvalue weighted by Gasteiger charge is 2.52. The van der Waals surface area contributed by atoms with Crippen LogP contribution in [0.25, 0.3) is 17.2 Å². The summed E-state index contributed by atoms with van der Waals surface area (Å²) in [4.78, 5) is 12.9. The molecule has 3 aromatic rings. The van der Waals surface area contributed by atoms with Crippen LogP contribution in [-0.2, 0) is 14.0 Å². The van der Waals surface area contributed by atoms with E-state index in [1.54, 1.807) is 0 Å². The summed E-state index contributed by atoms with van der Waals surface area (Å²) in [6.07, 6.45) is 1.58. The first-order valence-corrected chi connectivity index (χ1v) is 13.3. The van der Waals surface area contributed by atoms with Gasteiger partial charge in [0.15, 0.2) is 0 Å². The molecule has 1 N–H and O–H groups in total. The van der Waals surface area contributed by atoms with Gasteiger partial charge in [0.25, 0.3) is 0 Å². The van der Waals surface area contributed by atoms with Crippen LogP contribution in [0.3, 0.4) is 0 Å². The van der Waals surface area contributed by atoms with E-state index in [4.69, 9.17) is 14.0 Å². The molecule has 1 aliphatic carbocycles. The van der Waals surface area contributed by atoms with E-state index in [0.29, 0.717) is 0 Å². The fraction of sp³-hybridized carbons (Fsp3) is 0.344. The lowest BCUT2D eigenvalue weighted by Gasteiger charge is -2.32. The smallest absolute Gasteiger partial charge is 0.449 e. The topological polar surface area (TPSA) is 56.8 Å². The fourth-order valence-corrected chi connectivity index (χ4v) is 5.33. The number of hydrogen-bond donors (Lipinski definition) is 1. The first-order chi connectivity index (χ1) is 18.0. The van der Waals surface area contributed by atoms with Gasteiger partial charge in [0.1, 0.15) is 6.61 Å². The molecule has 1 aliphatic heterocycles. The number of amides is 1. The van der Waals surface area contributed by atoms with Gasteiger partial charge in [0.2, 0.25) is 0 Å². The molecule has 1 heterocycles. The van der Waals surface area contributed by atoms with Gasteiger partial charge in [-0.15, -0.1) is 0 Å². The molecule has 3 aromatic carbocycles. The molecule has 0 radical (unpaired) electrons. The van der Waals surface area contributed by atoms with Crippen molar-refractivity contribution in [2.45, 2.75) is 58.7 Å². The number of carbonyl (C=O) groups excluding carboxylic acids is 1. The number of rotatable bonds is 6. The molecule has 1 amide bonds. The molecule has 0 bridgehead atoms. The van der Waals surface area contributed by atoms with Gasteiger partial charge in [-0.25, -0.2) is 4.79 Å². The zero-order valence-electron chi connectivity index (χ0n) is 23.1. The van der Waals surface area contributed by atoms with E-state index < -0.39 is 24.4 Å². The maximum absolute atomic E-state index is 12.9. The van der Waals surface area contributed by atoms with Crippen molar-refractivity contribution in [2.75, 3.05) is 13.2 Å². The van der Waals surface area contributed by atoms with Crippen LogP contribution in [0.2, 0.25) is 0 Å². The van der Waals surface area contributed by atoms with Crippen LogP contribution < -0.4 is 5.32 Å². The lowest BCUT2D eigenvalue weighted by molar-refractivity contribution is 0.00578. The number of nitrogens with one attached hydrogen (secondary N) is 1. The predicted octanol–water partition coefficient (Wildman–Crippen LogP) is 6.86. The molecule has 2 aliphatic rings. The Kier molecular flexibility index (Phi) is 6.97.